The molecule has 0 aliphatic carbocycles. The molecule has 0 N–H and O–H groups in total. The molecular weight excluding hydrogens is 400 g/mol. The van der Waals surface area contributed by atoms with Crippen molar-refractivity contribution in [1.82, 2.24) is 28.9 Å². The third-order valence-electron chi connectivity index (χ3n) is 5.43. The highest BCUT2D eigenvalue weighted by molar-refractivity contribution is 7.98. The van der Waals surface area contributed by atoms with Crippen LogP contribution in [0, 0.1) is 0 Å². The normalized spacial score (nSPS) is 13.5. The second kappa shape index (κ2) is 7.32. The number of nitrogens with zero attached hydrogens (tertiary/aromatic N) is 6. The van der Waals surface area contributed by atoms with Crippen LogP contribution in [0.3, 0.4) is 0 Å². The molecule has 154 valence electrons. The van der Waals surface area contributed by atoms with Gasteiger partial charge in [-0.15, -0.1) is 6.58 Å². The molecule has 0 spiro atoms. The van der Waals surface area contributed by atoms with E-state index in [0.717, 1.165) is 42.9 Å². The van der Waals surface area contributed by atoms with Gasteiger partial charge >= 0.3 is 0 Å². The SMILES string of the molecule is C=CCn1c(=O)c2cnc(SC)nc2n1-c1ccc2c3c(n(CC)c2n1)OCCC3. The molecule has 30 heavy (non-hydrogen) atoms. The highest BCUT2D eigenvalue weighted by Gasteiger charge is 2.23. The zero-order chi connectivity index (χ0) is 20.8. The molecule has 0 saturated heterocycles. The van der Waals surface area contributed by atoms with E-state index in [0.29, 0.717) is 28.6 Å². The summed E-state index contributed by atoms with van der Waals surface area (Å²) in [6.45, 7) is 7.72. The Morgan fingerprint density at radius 3 is 2.90 bits per heavy atom. The minimum Gasteiger partial charge on any atom is -0.479 e. The van der Waals surface area contributed by atoms with Crippen LogP contribution in [0.5, 0.6) is 5.88 Å². The Kier molecular flexibility index (Phi) is 4.62. The minimum absolute atomic E-state index is 0.159. The number of pyridine rings is 1. The average molecular weight is 423 g/mol. The summed E-state index contributed by atoms with van der Waals surface area (Å²) in [4.78, 5) is 26.9. The van der Waals surface area contributed by atoms with Crippen molar-refractivity contribution >= 4 is 33.8 Å². The van der Waals surface area contributed by atoms with Crippen molar-refractivity contribution in [3.05, 3.63) is 46.9 Å². The van der Waals surface area contributed by atoms with Crippen LogP contribution >= 0.6 is 11.8 Å². The smallest absolute Gasteiger partial charge is 0.278 e. The Balaban J connectivity index is 1.82. The van der Waals surface area contributed by atoms with Crippen LogP contribution in [-0.2, 0) is 19.5 Å². The number of aryl methyl sites for hydroxylation is 2. The monoisotopic (exact) mass is 422 g/mol. The molecule has 4 aromatic rings. The summed E-state index contributed by atoms with van der Waals surface area (Å²) in [5.41, 5.74) is 2.46. The Bertz CT molecular complexity index is 1350. The molecule has 0 aromatic carbocycles. The summed E-state index contributed by atoms with van der Waals surface area (Å²) in [5, 5.41) is 2.17. The Morgan fingerprint density at radius 2 is 2.13 bits per heavy atom. The molecular formula is C21H22N6O2S. The van der Waals surface area contributed by atoms with Crippen LogP contribution in [-0.4, -0.2) is 41.7 Å². The highest BCUT2D eigenvalue weighted by Crippen LogP contribution is 2.35. The van der Waals surface area contributed by atoms with Crippen molar-refractivity contribution in [2.45, 2.75) is 38.0 Å². The van der Waals surface area contributed by atoms with Gasteiger partial charge in [0.1, 0.15) is 11.0 Å². The third kappa shape index (κ3) is 2.68. The maximum Gasteiger partial charge on any atom is 0.278 e. The molecule has 4 aromatic heterocycles. The predicted molar refractivity (Wildman–Crippen MR) is 118 cm³/mol. The second-order valence-electron chi connectivity index (χ2n) is 7.10. The number of fused-ring (bicyclic) bond motifs is 4. The van der Waals surface area contributed by atoms with E-state index >= 15 is 0 Å². The van der Waals surface area contributed by atoms with Gasteiger partial charge in [0.2, 0.25) is 0 Å². The van der Waals surface area contributed by atoms with Gasteiger partial charge in [0.15, 0.2) is 22.5 Å². The molecule has 0 unspecified atom stereocenters. The van der Waals surface area contributed by atoms with Crippen LogP contribution < -0.4 is 10.3 Å². The first kappa shape index (κ1) is 18.9. The summed E-state index contributed by atoms with van der Waals surface area (Å²) in [6, 6.07) is 4.01. The lowest BCUT2D eigenvalue weighted by atomic mass is 10.1. The van der Waals surface area contributed by atoms with Gasteiger partial charge in [0.05, 0.1) is 13.2 Å². The zero-order valence-electron chi connectivity index (χ0n) is 17.0. The molecule has 0 fully saturated rings. The Labute approximate surface area is 177 Å². The van der Waals surface area contributed by atoms with Gasteiger partial charge in [0, 0.05) is 23.7 Å². The summed E-state index contributed by atoms with van der Waals surface area (Å²) >= 11 is 1.43. The van der Waals surface area contributed by atoms with E-state index < -0.39 is 0 Å². The molecule has 9 heteroatoms. The Morgan fingerprint density at radius 1 is 1.27 bits per heavy atom. The maximum atomic E-state index is 13.0. The fraction of sp³-hybridized carbons (Fsp3) is 0.333. The third-order valence-corrected chi connectivity index (χ3v) is 5.99. The van der Waals surface area contributed by atoms with Crippen LogP contribution in [0.4, 0.5) is 0 Å². The highest BCUT2D eigenvalue weighted by atomic mass is 32.2. The molecule has 5 rings (SSSR count). The molecule has 1 aliphatic rings. The fourth-order valence-electron chi connectivity index (χ4n) is 4.12. The van der Waals surface area contributed by atoms with E-state index in [1.165, 1.54) is 17.3 Å². The molecule has 1 aliphatic heterocycles. The van der Waals surface area contributed by atoms with Crippen LogP contribution in [0.1, 0.15) is 18.9 Å². The van der Waals surface area contributed by atoms with Gasteiger partial charge in [-0.3, -0.25) is 9.36 Å². The second-order valence-corrected chi connectivity index (χ2v) is 7.88. The average Bonchev–Trinajstić information content (AvgIpc) is 3.25. The number of aromatic nitrogens is 6. The maximum absolute atomic E-state index is 13.0. The molecule has 0 saturated carbocycles. The van der Waals surface area contributed by atoms with Gasteiger partial charge in [0.25, 0.3) is 5.56 Å². The van der Waals surface area contributed by atoms with E-state index in [2.05, 4.69) is 34.1 Å². The number of thioether (sulfide) groups is 1. The van der Waals surface area contributed by atoms with Crippen molar-refractivity contribution in [3.8, 4) is 11.7 Å². The van der Waals surface area contributed by atoms with E-state index in [1.54, 1.807) is 21.6 Å². The number of rotatable bonds is 5. The van der Waals surface area contributed by atoms with Crippen LogP contribution in [0.25, 0.3) is 27.9 Å². The Hall–Kier alpha value is -3.07. The van der Waals surface area contributed by atoms with Crippen molar-refractivity contribution < 1.29 is 4.74 Å². The first-order chi connectivity index (χ1) is 14.7. The first-order valence-electron chi connectivity index (χ1n) is 9.96. The van der Waals surface area contributed by atoms with Crippen LogP contribution in [0.15, 0.2) is 40.9 Å². The van der Waals surface area contributed by atoms with Gasteiger partial charge in [-0.25, -0.2) is 24.3 Å². The van der Waals surface area contributed by atoms with Crippen molar-refractivity contribution in [2.75, 3.05) is 12.9 Å². The van der Waals surface area contributed by atoms with Gasteiger partial charge in [-0.2, -0.15) is 0 Å². The number of hydrogen-bond acceptors (Lipinski definition) is 6. The molecule has 0 bridgehead atoms. The summed E-state index contributed by atoms with van der Waals surface area (Å²) in [5.74, 6) is 1.54. The lowest BCUT2D eigenvalue weighted by Gasteiger charge is -2.15. The van der Waals surface area contributed by atoms with Crippen molar-refractivity contribution in [1.29, 1.82) is 0 Å². The van der Waals surface area contributed by atoms with Crippen molar-refractivity contribution in [3.63, 3.8) is 0 Å². The quantitative estimate of drug-likeness (QED) is 0.279. The number of hydrogen-bond donors (Lipinski definition) is 0. The number of ether oxygens (including phenoxy) is 1. The summed E-state index contributed by atoms with van der Waals surface area (Å²) < 4.78 is 11.4. The largest absolute Gasteiger partial charge is 0.479 e. The lowest BCUT2D eigenvalue weighted by molar-refractivity contribution is 0.266. The molecule has 5 heterocycles. The number of allylic oxidation sites excluding steroid dienone is 1. The summed E-state index contributed by atoms with van der Waals surface area (Å²) in [7, 11) is 0. The van der Waals surface area contributed by atoms with Crippen molar-refractivity contribution in [2.24, 2.45) is 0 Å². The van der Waals surface area contributed by atoms with Gasteiger partial charge in [-0.1, -0.05) is 17.8 Å². The van der Waals surface area contributed by atoms with E-state index in [9.17, 15) is 4.79 Å². The minimum atomic E-state index is -0.159. The lowest BCUT2D eigenvalue weighted by Crippen LogP contribution is -2.22. The topological polar surface area (TPSA) is 79.8 Å². The molecule has 0 radical (unpaired) electrons. The van der Waals surface area contributed by atoms with E-state index in [-0.39, 0.29) is 5.56 Å². The van der Waals surface area contributed by atoms with Gasteiger partial charge < -0.3 is 4.74 Å². The van der Waals surface area contributed by atoms with Crippen LogP contribution in [0.2, 0.25) is 0 Å². The van der Waals surface area contributed by atoms with E-state index in [4.69, 9.17) is 9.72 Å². The standard InChI is InChI=1S/C21H22N6O2S/c1-4-10-26-19(28)15-12-22-21(30-3)24-18(15)27(26)16-9-8-13-14-7-6-11-29-20(14)25(5-2)17(13)23-16/h4,8-9,12H,1,5-7,10-11H2,2-3H3. The zero-order valence-corrected chi connectivity index (χ0v) is 17.8. The fourth-order valence-corrected chi connectivity index (χ4v) is 4.46. The van der Waals surface area contributed by atoms with E-state index in [1.807, 2.05) is 12.3 Å². The molecule has 0 amide bonds. The van der Waals surface area contributed by atoms with Gasteiger partial charge in [-0.05, 0) is 38.2 Å². The summed E-state index contributed by atoms with van der Waals surface area (Å²) in [6.07, 6.45) is 7.18. The molecule has 8 nitrogen and oxygen atoms in total. The molecule has 0 atom stereocenters. The predicted octanol–water partition coefficient (Wildman–Crippen LogP) is 3.18. The first-order valence-corrected chi connectivity index (χ1v) is 11.2.